The first-order valence-electron chi connectivity index (χ1n) is 33.3. The summed E-state index contributed by atoms with van der Waals surface area (Å²) in [6.07, 6.45) is -9.30. The van der Waals surface area contributed by atoms with Crippen LogP contribution < -0.4 is 64.5 Å². The number of rotatable bonds is 14. The number of nitrogens with one attached hydrogen (secondary N) is 4. The zero-order valence-electron chi connectivity index (χ0n) is 62.7. The summed E-state index contributed by atoms with van der Waals surface area (Å²) in [6, 6.07) is 50.5. The fraction of sp³-hybridized carbons (Fsp3) is 0.173. The van der Waals surface area contributed by atoms with Crippen LogP contribution in [0.3, 0.4) is 0 Å². The number of aromatic amines is 4. The third-order valence-electron chi connectivity index (χ3n) is 16.9. The van der Waals surface area contributed by atoms with Crippen LogP contribution in [0.1, 0.15) is 11.1 Å². The molecule has 0 bridgehead atoms. The number of aromatic nitrogens is 4. The van der Waals surface area contributed by atoms with Crippen molar-refractivity contribution in [3.05, 3.63) is 228 Å². The minimum Gasteiger partial charge on any atom is -0.503 e. The molecular weight excluding hydrogens is 1520 g/mol. The number of aromatic hydroxyl groups is 4. The average molecular weight is 1600 g/mol. The van der Waals surface area contributed by atoms with Crippen molar-refractivity contribution in [3.63, 3.8) is 0 Å². The van der Waals surface area contributed by atoms with Crippen LogP contribution in [0.5, 0.6) is 69.0 Å². The number of carboxylic acid groups (broad SMARTS) is 1. The van der Waals surface area contributed by atoms with Gasteiger partial charge in [0.15, 0.2) is 57.5 Å². The lowest BCUT2D eigenvalue weighted by Crippen LogP contribution is -2.21. The lowest BCUT2D eigenvalue weighted by molar-refractivity contribution is -0.274. The van der Waals surface area contributed by atoms with Crippen molar-refractivity contribution in [1.29, 1.82) is 0 Å². The van der Waals surface area contributed by atoms with Gasteiger partial charge in [-0.2, -0.15) is 21.6 Å². The molecule has 4 aromatic heterocycles. The van der Waals surface area contributed by atoms with Gasteiger partial charge in [0.1, 0.15) is 11.5 Å². The molecule has 598 valence electrons. The minimum absolute atomic E-state index is 0.0862. The number of benzene rings is 9. The number of aryl methyl sites for hydroxylation is 2. The fourth-order valence-electron chi connectivity index (χ4n) is 11.6. The van der Waals surface area contributed by atoms with E-state index in [2.05, 4.69) is 24.7 Å². The molecule has 0 spiro atoms. The normalized spacial score (nSPS) is 11.0. The number of fused-ring (bicyclic) bond motifs is 4. The molecule has 0 radical (unpaired) electrons. The van der Waals surface area contributed by atoms with Gasteiger partial charge in [-0.3, -0.25) is 23.7 Å². The van der Waals surface area contributed by atoms with Gasteiger partial charge in [0, 0.05) is 60.2 Å². The van der Waals surface area contributed by atoms with Crippen LogP contribution in [0.15, 0.2) is 195 Å². The smallest absolute Gasteiger partial charge is 0.503 e. The number of hydrogen-bond acceptors (Lipinski definition) is 20. The summed E-state index contributed by atoms with van der Waals surface area (Å²) >= 11 is 0. The molecule has 0 aliphatic heterocycles. The number of nitrogens with zero attached hydrogens (tertiary/aromatic N) is 1. The van der Waals surface area contributed by atoms with Crippen molar-refractivity contribution in [2.24, 2.45) is 0 Å². The molecule has 0 aliphatic rings. The summed E-state index contributed by atoms with van der Waals surface area (Å²) < 4.78 is 136. The first-order valence-corrected chi connectivity index (χ1v) is 35.2. The zero-order chi connectivity index (χ0) is 84.0. The highest BCUT2D eigenvalue weighted by Crippen LogP contribution is 2.42. The summed E-state index contributed by atoms with van der Waals surface area (Å²) in [6.45, 7) is 3.85. The molecular formula is C81H75F6N5O21S. The zero-order valence-corrected chi connectivity index (χ0v) is 63.5. The van der Waals surface area contributed by atoms with Gasteiger partial charge in [-0.15, -0.1) is 13.2 Å². The highest BCUT2D eigenvalue weighted by molar-refractivity contribution is 7.85. The lowest BCUT2D eigenvalue weighted by Gasteiger charge is -2.15. The third kappa shape index (κ3) is 20.0. The fourth-order valence-corrected chi connectivity index (χ4v) is 11.6. The number of carboxylic acids is 1. The molecule has 10 N–H and O–H groups in total. The molecule has 0 aliphatic carbocycles. The standard InChI is InChI=1S/C24H22N2O3.C18H14F3NO5.2C18H17NO4.C2HF3O2.CH4O3S/c1-26(2)16-9-6-8-15(14-16)17-11-7-12-19-21(17)23(27)24(28)22(25-19)18-10-4-5-13-20(18)29-3;1-25-13-7-10-11(8-14(13)26-2)22-15(17(24)16(10)23)9-5-3-4-6-12(9)27-18(19,20)21;2*1-10-6-4-5-7-11(10)16-18(21)17(20)12-8-14(22-2)15(23-3)9-13(12)19-16;3-2(4,5)1(6)7;1-5(2,3)4/h4-14,28H,1-3H3,(H,25,27);3-8,24H,1-2H3,(H,22,23);2*4-9,21H,1-3H3,(H,19,20);(H,6,7);1H3,(H,2,3,4). The van der Waals surface area contributed by atoms with E-state index < -0.39 is 61.8 Å². The number of para-hydroxylation sites is 2. The number of methoxy groups -OCH3 is 7. The van der Waals surface area contributed by atoms with Gasteiger partial charge in [0.25, 0.3) is 10.1 Å². The van der Waals surface area contributed by atoms with E-state index in [0.717, 1.165) is 45.1 Å². The van der Waals surface area contributed by atoms with Crippen molar-refractivity contribution < 1.29 is 108 Å². The molecule has 0 atom stereocenters. The highest BCUT2D eigenvalue weighted by Gasteiger charge is 2.38. The quantitative estimate of drug-likeness (QED) is 0.0357. The van der Waals surface area contributed by atoms with E-state index in [1.807, 2.05) is 136 Å². The van der Waals surface area contributed by atoms with Gasteiger partial charge in [0.05, 0.1) is 122 Å². The average Bonchev–Trinajstić information content (AvgIpc) is 0.769. The highest BCUT2D eigenvalue weighted by atomic mass is 32.2. The van der Waals surface area contributed by atoms with Crippen molar-refractivity contribution >= 4 is 65.4 Å². The molecule has 9 aromatic carbocycles. The van der Waals surface area contributed by atoms with Gasteiger partial charge in [-0.1, -0.05) is 97.1 Å². The van der Waals surface area contributed by atoms with E-state index >= 15 is 0 Å². The number of halogens is 6. The van der Waals surface area contributed by atoms with Crippen molar-refractivity contribution in [2.75, 3.05) is 75.0 Å². The van der Waals surface area contributed by atoms with Crippen LogP contribution >= 0.6 is 0 Å². The van der Waals surface area contributed by atoms with Crippen LogP contribution in [0, 0.1) is 13.8 Å². The molecule has 0 amide bonds. The Morgan fingerprint density at radius 2 is 0.693 bits per heavy atom. The Balaban J connectivity index is 0.000000182. The summed E-state index contributed by atoms with van der Waals surface area (Å²) in [4.78, 5) is 74.0. The number of hydrogen-bond donors (Lipinski definition) is 10. The van der Waals surface area contributed by atoms with E-state index in [1.54, 1.807) is 43.5 Å². The van der Waals surface area contributed by atoms with Crippen LogP contribution in [-0.4, -0.2) is 147 Å². The maximum Gasteiger partial charge on any atom is 0.573 e. The molecule has 13 aromatic rings. The van der Waals surface area contributed by atoms with Crippen molar-refractivity contribution in [2.45, 2.75) is 26.4 Å². The Kier molecular flexibility index (Phi) is 27.4. The number of anilines is 1. The summed E-state index contributed by atoms with van der Waals surface area (Å²) in [5.41, 5.74) is 7.59. The van der Waals surface area contributed by atoms with Crippen LogP contribution in [0.4, 0.5) is 32.0 Å². The SMILES string of the molecule is COc1cc2[nH]c(-c3ccccc3C)c(O)c(=O)c2cc1OC.COc1cc2[nH]c(-c3ccccc3C)c(O)c(=O)c2cc1OC.COc1cc2[nH]c(-c3ccccc3OC(F)(F)F)c(O)c(=O)c2cc1OC.COc1ccccc1-c1[nH]c2cccc(-c3cccc(N(C)C)c3)c2c(=O)c1O.CS(=O)(=O)O.O=C(O)C(F)(F)F. The molecule has 26 nitrogen and oxygen atoms in total. The van der Waals surface area contributed by atoms with Gasteiger partial charge in [-0.25, -0.2) is 4.79 Å². The number of aliphatic carboxylic acids is 1. The number of carbonyl (C=O) groups is 1. The first-order chi connectivity index (χ1) is 53.8. The van der Waals surface area contributed by atoms with E-state index in [0.29, 0.717) is 96.1 Å². The van der Waals surface area contributed by atoms with E-state index in [1.165, 1.54) is 73.0 Å². The monoisotopic (exact) mass is 1600 g/mol. The minimum atomic E-state index is -5.08. The molecule has 4 heterocycles. The Labute approximate surface area is 644 Å². The van der Waals surface area contributed by atoms with Crippen molar-refractivity contribution in [3.8, 4) is 125 Å². The molecule has 0 unspecified atom stereocenters. The largest absolute Gasteiger partial charge is 0.573 e. The van der Waals surface area contributed by atoms with Crippen LogP contribution in [0.2, 0.25) is 0 Å². The second kappa shape index (κ2) is 36.3. The predicted octanol–water partition coefficient (Wildman–Crippen LogP) is 15.0. The second-order valence-corrected chi connectivity index (χ2v) is 26.0. The van der Waals surface area contributed by atoms with Gasteiger partial charge in [0.2, 0.25) is 21.7 Å². The van der Waals surface area contributed by atoms with Crippen LogP contribution in [0.25, 0.3) is 99.8 Å². The lowest BCUT2D eigenvalue weighted by atomic mass is 9.98. The Hall–Kier alpha value is -13.8. The Bertz CT molecular complexity index is 5940. The maximum atomic E-state index is 13.2. The second-order valence-electron chi connectivity index (χ2n) is 24.6. The first kappa shape index (κ1) is 85.8. The number of H-pyrrole nitrogens is 4. The molecule has 114 heavy (non-hydrogen) atoms. The molecule has 0 saturated carbocycles. The predicted molar refractivity (Wildman–Crippen MR) is 420 cm³/mol. The summed E-state index contributed by atoms with van der Waals surface area (Å²) in [5, 5.41) is 50.1. The number of ether oxygens (including phenoxy) is 8. The van der Waals surface area contributed by atoms with Crippen molar-refractivity contribution in [1.82, 2.24) is 19.9 Å². The number of pyridine rings is 4. The Morgan fingerprint density at radius 3 is 1.04 bits per heavy atom. The maximum absolute atomic E-state index is 13.2. The Morgan fingerprint density at radius 1 is 0.395 bits per heavy atom. The molecule has 33 heteroatoms. The van der Waals surface area contributed by atoms with Crippen LogP contribution in [-0.2, 0) is 14.9 Å². The molecule has 0 fully saturated rings. The van der Waals surface area contributed by atoms with Gasteiger partial charge < -0.3 is 88.3 Å². The van der Waals surface area contributed by atoms with Gasteiger partial charge >= 0.3 is 18.5 Å². The van der Waals surface area contributed by atoms with Gasteiger partial charge in [-0.05, 0) is 96.8 Å². The summed E-state index contributed by atoms with van der Waals surface area (Å²) in [5.74, 6) is -1.95. The van der Waals surface area contributed by atoms with E-state index in [4.69, 9.17) is 47.6 Å². The van der Waals surface area contributed by atoms with E-state index in [9.17, 15) is 74.4 Å². The van der Waals surface area contributed by atoms with E-state index in [-0.39, 0.29) is 45.2 Å². The molecule has 0 saturated heterocycles. The third-order valence-corrected chi connectivity index (χ3v) is 16.9. The molecule has 13 rings (SSSR count). The summed E-state index contributed by atoms with van der Waals surface area (Å²) in [7, 11) is 10.7. The number of alkyl halides is 6. The topological polar surface area (TPSA) is 381 Å².